The zero-order valence-corrected chi connectivity index (χ0v) is 15.3. The molecule has 0 radical (unpaired) electrons. The van der Waals surface area contributed by atoms with Crippen LogP contribution in [0.2, 0.25) is 0 Å². The van der Waals surface area contributed by atoms with E-state index in [2.05, 4.69) is 10.6 Å². The quantitative estimate of drug-likeness (QED) is 0.849. The van der Waals surface area contributed by atoms with Crippen molar-refractivity contribution in [3.63, 3.8) is 0 Å². The van der Waals surface area contributed by atoms with Gasteiger partial charge in [-0.2, -0.15) is 0 Å². The van der Waals surface area contributed by atoms with E-state index in [-0.39, 0.29) is 24.2 Å². The molecule has 2 N–H and O–H groups in total. The molecular formula is C20H25ClN2O2. The van der Waals surface area contributed by atoms with Gasteiger partial charge >= 0.3 is 0 Å². The molecule has 1 atom stereocenters. The maximum Gasteiger partial charge on any atom is 0.228 e. The van der Waals surface area contributed by atoms with Crippen molar-refractivity contribution >= 4 is 24.0 Å². The number of halogens is 1. The monoisotopic (exact) mass is 360 g/mol. The summed E-state index contributed by atoms with van der Waals surface area (Å²) in [6.07, 6.45) is 2.01. The van der Waals surface area contributed by atoms with E-state index >= 15 is 0 Å². The standard InChI is InChI=1S/C20H24N2O2.ClH/c1-15-12-18(24-14-16-6-3-2-4-7-16)9-10-19(15)22-20(23)17-8-5-11-21-13-17;/h2-4,6-7,9-10,12,17,21H,5,8,11,13-14H2,1H3,(H,22,23);1H. The van der Waals surface area contributed by atoms with E-state index in [1.165, 1.54) is 0 Å². The van der Waals surface area contributed by atoms with Crippen LogP contribution in [0, 0.1) is 12.8 Å². The Hall–Kier alpha value is -2.04. The molecule has 0 bridgehead atoms. The van der Waals surface area contributed by atoms with Gasteiger partial charge in [0.2, 0.25) is 5.91 Å². The lowest BCUT2D eigenvalue weighted by molar-refractivity contribution is -0.120. The Labute approximate surface area is 155 Å². The molecule has 3 rings (SSSR count). The Morgan fingerprint density at radius 3 is 2.72 bits per heavy atom. The van der Waals surface area contributed by atoms with Crippen LogP contribution >= 0.6 is 12.4 Å². The third kappa shape index (κ3) is 5.48. The highest BCUT2D eigenvalue weighted by Crippen LogP contribution is 2.23. The Balaban J connectivity index is 0.00000225. The van der Waals surface area contributed by atoms with Crippen molar-refractivity contribution < 1.29 is 9.53 Å². The van der Waals surface area contributed by atoms with Crippen molar-refractivity contribution in [3.8, 4) is 5.75 Å². The lowest BCUT2D eigenvalue weighted by atomic mass is 9.98. The third-order valence-electron chi connectivity index (χ3n) is 4.37. The number of hydrogen-bond acceptors (Lipinski definition) is 3. The fraction of sp³-hybridized carbons (Fsp3) is 0.350. The van der Waals surface area contributed by atoms with Crippen LogP contribution < -0.4 is 15.4 Å². The Kier molecular flexibility index (Phi) is 7.29. The fourth-order valence-electron chi connectivity index (χ4n) is 2.92. The third-order valence-corrected chi connectivity index (χ3v) is 4.37. The molecule has 0 aromatic heterocycles. The summed E-state index contributed by atoms with van der Waals surface area (Å²) in [5, 5.41) is 6.32. The number of piperidine rings is 1. The summed E-state index contributed by atoms with van der Waals surface area (Å²) in [6, 6.07) is 15.9. The molecule has 1 fully saturated rings. The molecule has 1 amide bonds. The highest BCUT2D eigenvalue weighted by Gasteiger charge is 2.21. The van der Waals surface area contributed by atoms with Gasteiger partial charge in [-0.3, -0.25) is 4.79 Å². The van der Waals surface area contributed by atoms with Gasteiger partial charge in [-0.05, 0) is 55.6 Å². The number of nitrogens with one attached hydrogen (secondary N) is 2. The lowest BCUT2D eigenvalue weighted by Crippen LogP contribution is -2.37. The molecule has 1 aliphatic heterocycles. The first-order valence-corrected chi connectivity index (χ1v) is 8.51. The van der Waals surface area contributed by atoms with Crippen molar-refractivity contribution in [1.82, 2.24) is 5.32 Å². The number of hydrogen-bond donors (Lipinski definition) is 2. The normalized spacial score (nSPS) is 16.6. The van der Waals surface area contributed by atoms with Crippen molar-refractivity contribution in [1.29, 1.82) is 0 Å². The smallest absolute Gasteiger partial charge is 0.228 e. The number of anilines is 1. The maximum absolute atomic E-state index is 12.3. The predicted molar refractivity (Wildman–Crippen MR) is 103 cm³/mol. The maximum atomic E-state index is 12.3. The minimum atomic E-state index is 0. The lowest BCUT2D eigenvalue weighted by Gasteiger charge is -2.22. The number of carbonyl (C=O) groups is 1. The summed E-state index contributed by atoms with van der Waals surface area (Å²) in [4.78, 5) is 12.3. The fourth-order valence-corrected chi connectivity index (χ4v) is 2.92. The van der Waals surface area contributed by atoms with Crippen LogP contribution in [0.4, 0.5) is 5.69 Å². The molecule has 25 heavy (non-hydrogen) atoms. The summed E-state index contributed by atoms with van der Waals surface area (Å²) in [5.74, 6) is 0.976. The van der Waals surface area contributed by atoms with Crippen LogP contribution in [0.5, 0.6) is 5.75 Å². The van der Waals surface area contributed by atoms with Gasteiger partial charge in [0, 0.05) is 12.2 Å². The van der Waals surface area contributed by atoms with E-state index in [0.29, 0.717) is 6.61 Å². The second-order valence-corrected chi connectivity index (χ2v) is 6.28. The molecule has 4 nitrogen and oxygen atoms in total. The average Bonchev–Trinajstić information content (AvgIpc) is 2.63. The van der Waals surface area contributed by atoms with E-state index in [1.54, 1.807) is 0 Å². The summed E-state index contributed by atoms with van der Waals surface area (Å²) in [6.45, 7) is 4.31. The summed E-state index contributed by atoms with van der Waals surface area (Å²) < 4.78 is 5.83. The number of benzene rings is 2. The number of ether oxygens (including phenoxy) is 1. The van der Waals surface area contributed by atoms with Gasteiger partial charge in [0.05, 0.1) is 5.92 Å². The molecule has 2 aromatic rings. The van der Waals surface area contributed by atoms with E-state index in [4.69, 9.17) is 4.74 Å². The van der Waals surface area contributed by atoms with Gasteiger partial charge in [0.25, 0.3) is 0 Å². The van der Waals surface area contributed by atoms with Gasteiger partial charge < -0.3 is 15.4 Å². The van der Waals surface area contributed by atoms with Gasteiger partial charge in [0.15, 0.2) is 0 Å². The first-order valence-electron chi connectivity index (χ1n) is 8.51. The van der Waals surface area contributed by atoms with Gasteiger partial charge in [-0.15, -0.1) is 12.4 Å². The second-order valence-electron chi connectivity index (χ2n) is 6.28. The number of aryl methyl sites for hydroxylation is 1. The molecule has 5 heteroatoms. The van der Waals surface area contributed by atoms with Crippen molar-refractivity contribution in [2.45, 2.75) is 26.4 Å². The Morgan fingerprint density at radius 1 is 1.24 bits per heavy atom. The van der Waals surface area contributed by atoms with E-state index in [9.17, 15) is 4.79 Å². The largest absolute Gasteiger partial charge is 0.489 e. The topological polar surface area (TPSA) is 50.4 Å². The van der Waals surface area contributed by atoms with Crippen LogP contribution in [0.25, 0.3) is 0 Å². The minimum absolute atomic E-state index is 0. The first kappa shape index (κ1) is 19.3. The van der Waals surface area contributed by atoms with Gasteiger partial charge in [-0.25, -0.2) is 0 Å². The SMILES string of the molecule is Cc1cc(OCc2ccccc2)ccc1NC(=O)C1CCCNC1.Cl. The molecule has 0 spiro atoms. The predicted octanol–water partition coefficient (Wildman–Crippen LogP) is 3.93. The van der Waals surface area contributed by atoms with Crippen molar-refractivity contribution in [2.24, 2.45) is 5.92 Å². The summed E-state index contributed by atoms with van der Waals surface area (Å²) in [7, 11) is 0. The highest BCUT2D eigenvalue weighted by atomic mass is 35.5. The molecule has 134 valence electrons. The zero-order valence-electron chi connectivity index (χ0n) is 14.5. The highest BCUT2D eigenvalue weighted by molar-refractivity contribution is 5.93. The zero-order chi connectivity index (χ0) is 16.8. The van der Waals surface area contributed by atoms with Gasteiger partial charge in [0.1, 0.15) is 12.4 Å². The number of carbonyl (C=O) groups excluding carboxylic acids is 1. The molecule has 1 aliphatic rings. The summed E-state index contributed by atoms with van der Waals surface area (Å²) >= 11 is 0. The minimum Gasteiger partial charge on any atom is -0.489 e. The van der Waals surface area contributed by atoms with Gasteiger partial charge in [-0.1, -0.05) is 30.3 Å². The molecule has 1 saturated heterocycles. The second kappa shape index (κ2) is 9.44. The van der Waals surface area contributed by atoms with Crippen molar-refractivity contribution in [3.05, 3.63) is 59.7 Å². The van der Waals surface area contributed by atoms with E-state index < -0.39 is 0 Å². The molecular weight excluding hydrogens is 336 g/mol. The van der Waals surface area contributed by atoms with Crippen LogP contribution in [0.15, 0.2) is 48.5 Å². The van der Waals surface area contributed by atoms with Crippen LogP contribution in [0.3, 0.4) is 0 Å². The van der Waals surface area contributed by atoms with Crippen LogP contribution in [-0.4, -0.2) is 19.0 Å². The number of amides is 1. The molecule has 2 aromatic carbocycles. The Bertz CT molecular complexity index is 685. The molecule has 1 unspecified atom stereocenters. The molecule has 0 saturated carbocycles. The number of rotatable bonds is 5. The van der Waals surface area contributed by atoms with E-state index in [1.807, 2.05) is 55.5 Å². The summed E-state index contributed by atoms with van der Waals surface area (Å²) in [5.41, 5.74) is 3.01. The Morgan fingerprint density at radius 2 is 2.04 bits per heavy atom. The van der Waals surface area contributed by atoms with E-state index in [0.717, 1.165) is 48.5 Å². The van der Waals surface area contributed by atoms with Crippen molar-refractivity contribution in [2.75, 3.05) is 18.4 Å². The average molecular weight is 361 g/mol. The molecule has 1 heterocycles. The van der Waals surface area contributed by atoms with Crippen LogP contribution in [-0.2, 0) is 11.4 Å². The van der Waals surface area contributed by atoms with Crippen LogP contribution in [0.1, 0.15) is 24.0 Å². The molecule has 0 aliphatic carbocycles. The first-order chi connectivity index (χ1) is 11.7.